The van der Waals surface area contributed by atoms with Gasteiger partial charge in [0.15, 0.2) is 5.82 Å². The molecule has 4 rings (SSSR count). The summed E-state index contributed by atoms with van der Waals surface area (Å²) < 4.78 is 2.04. The standard InChI is InChI=1S/C19H20N4O/c20-16-9-17(10-16)23-11-18(21-12-23)22-19(24)8-13-5-6-14-3-1-2-4-15(14)7-13/h1-7,11-12,16-17H,8-10,20H2,(H,22,24). The number of fused-ring (bicyclic) bond motifs is 1. The van der Waals surface area contributed by atoms with Crippen LogP contribution in [0.2, 0.25) is 0 Å². The molecule has 5 heteroatoms. The SMILES string of the molecule is NC1CC(n2cnc(NC(=O)Cc3ccc4ccccc4c3)c2)C1. The van der Waals surface area contributed by atoms with E-state index in [2.05, 4.69) is 28.5 Å². The number of rotatable bonds is 4. The van der Waals surface area contributed by atoms with E-state index in [0.29, 0.717) is 24.3 Å². The molecular weight excluding hydrogens is 300 g/mol. The molecule has 1 amide bonds. The number of amides is 1. The number of benzene rings is 2. The highest BCUT2D eigenvalue weighted by Crippen LogP contribution is 2.31. The first kappa shape index (κ1) is 14.9. The molecule has 1 fully saturated rings. The second-order valence-electron chi connectivity index (χ2n) is 6.50. The van der Waals surface area contributed by atoms with Gasteiger partial charge in [-0.15, -0.1) is 0 Å². The van der Waals surface area contributed by atoms with Crippen molar-refractivity contribution < 1.29 is 4.79 Å². The predicted octanol–water partition coefficient (Wildman–Crippen LogP) is 2.88. The topological polar surface area (TPSA) is 72.9 Å². The van der Waals surface area contributed by atoms with Crippen molar-refractivity contribution in [3.8, 4) is 0 Å². The van der Waals surface area contributed by atoms with Crippen molar-refractivity contribution in [2.75, 3.05) is 5.32 Å². The van der Waals surface area contributed by atoms with Crippen LogP contribution in [-0.4, -0.2) is 21.5 Å². The van der Waals surface area contributed by atoms with E-state index in [4.69, 9.17) is 5.73 Å². The van der Waals surface area contributed by atoms with Crippen molar-refractivity contribution in [1.82, 2.24) is 9.55 Å². The first-order valence-corrected chi connectivity index (χ1v) is 8.24. The van der Waals surface area contributed by atoms with Gasteiger partial charge in [0.25, 0.3) is 0 Å². The van der Waals surface area contributed by atoms with E-state index in [1.807, 2.05) is 35.0 Å². The summed E-state index contributed by atoms with van der Waals surface area (Å²) in [4.78, 5) is 16.5. The highest BCUT2D eigenvalue weighted by atomic mass is 16.1. The van der Waals surface area contributed by atoms with Gasteiger partial charge < -0.3 is 15.6 Å². The molecule has 0 spiro atoms. The van der Waals surface area contributed by atoms with Gasteiger partial charge in [0.05, 0.1) is 12.7 Å². The zero-order valence-corrected chi connectivity index (χ0v) is 13.4. The minimum absolute atomic E-state index is 0.0548. The molecule has 0 radical (unpaired) electrons. The van der Waals surface area contributed by atoms with Gasteiger partial charge in [-0.2, -0.15) is 0 Å². The summed E-state index contributed by atoms with van der Waals surface area (Å²) in [6.45, 7) is 0. The summed E-state index contributed by atoms with van der Waals surface area (Å²) >= 11 is 0. The average molecular weight is 320 g/mol. The Labute approximate surface area is 140 Å². The summed E-state index contributed by atoms with van der Waals surface area (Å²) in [6.07, 6.45) is 5.94. The zero-order chi connectivity index (χ0) is 16.5. The van der Waals surface area contributed by atoms with E-state index in [-0.39, 0.29) is 5.91 Å². The number of aromatic nitrogens is 2. The Morgan fingerprint density at radius 2 is 2.00 bits per heavy atom. The van der Waals surface area contributed by atoms with Crippen LogP contribution in [0.1, 0.15) is 24.4 Å². The van der Waals surface area contributed by atoms with Crippen molar-refractivity contribution in [2.45, 2.75) is 31.3 Å². The normalized spacial score (nSPS) is 19.9. The number of hydrogen-bond acceptors (Lipinski definition) is 3. The lowest BCUT2D eigenvalue weighted by Gasteiger charge is -2.33. The van der Waals surface area contributed by atoms with Crippen LogP contribution in [0.5, 0.6) is 0 Å². The number of nitrogens with two attached hydrogens (primary N) is 1. The van der Waals surface area contributed by atoms with Gasteiger partial charge >= 0.3 is 0 Å². The Morgan fingerprint density at radius 1 is 1.21 bits per heavy atom. The van der Waals surface area contributed by atoms with E-state index < -0.39 is 0 Å². The number of nitrogens with zero attached hydrogens (tertiary/aromatic N) is 2. The van der Waals surface area contributed by atoms with Crippen molar-refractivity contribution in [3.63, 3.8) is 0 Å². The van der Waals surface area contributed by atoms with Crippen molar-refractivity contribution in [2.24, 2.45) is 5.73 Å². The molecular formula is C19H20N4O. The first-order chi connectivity index (χ1) is 11.7. The van der Waals surface area contributed by atoms with Crippen LogP contribution in [0.15, 0.2) is 55.0 Å². The second kappa shape index (κ2) is 6.09. The molecule has 0 atom stereocenters. The number of hydrogen-bond donors (Lipinski definition) is 2. The summed E-state index contributed by atoms with van der Waals surface area (Å²) in [5, 5.41) is 5.20. The lowest BCUT2D eigenvalue weighted by Crippen LogP contribution is -2.37. The van der Waals surface area contributed by atoms with Crippen molar-refractivity contribution >= 4 is 22.5 Å². The molecule has 5 nitrogen and oxygen atoms in total. The molecule has 1 aliphatic rings. The smallest absolute Gasteiger partial charge is 0.229 e. The Kier molecular flexibility index (Phi) is 3.78. The van der Waals surface area contributed by atoms with E-state index in [1.54, 1.807) is 6.33 Å². The Bertz CT molecular complexity index is 880. The number of carbonyl (C=O) groups excluding carboxylic acids is 1. The van der Waals surface area contributed by atoms with Gasteiger partial charge in [-0.05, 0) is 29.2 Å². The van der Waals surface area contributed by atoms with E-state index in [1.165, 1.54) is 5.39 Å². The molecule has 122 valence electrons. The third-order valence-corrected chi connectivity index (χ3v) is 4.62. The summed E-state index contributed by atoms with van der Waals surface area (Å²) in [6, 6.07) is 15.0. The summed E-state index contributed by atoms with van der Waals surface area (Å²) in [5.41, 5.74) is 6.81. The molecule has 2 aromatic carbocycles. The van der Waals surface area contributed by atoms with Gasteiger partial charge in [-0.25, -0.2) is 4.98 Å². The number of imidazole rings is 1. The van der Waals surface area contributed by atoms with Crippen LogP contribution in [0.4, 0.5) is 5.82 Å². The molecule has 24 heavy (non-hydrogen) atoms. The molecule has 3 aromatic rings. The van der Waals surface area contributed by atoms with Crippen molar-refractivity contribution in [1.29, 1.82) is 0 Å². The molecule has 0 aliphatic heterocycles. The maximum atomic E-state index is 12.3. The van der Waals surface area contributed by atoms with E-state index in [9.17, 15) is 4.79 Å². The Balaban J connectivity index is 1.40. The van der Waals surface area contributed by atoms with Gasteiger partial charge in [-0.3, -0.25) is 4.79 Å². The molecule has 1 aliphatic carbocycles. The molecule has 0 saturated heterocycles. The Morgan fingerprint density at radius 3 is 2.79 bits per heavy atom. The number of nitrogens with one attached hydrogen (secondary N) is 1. The summed E-state index contributed by atoms with van der Waals surface area (Å²) in [5.74, 6) is 0.544. The third-order valence-electron chi connectivity index (χ3n) is 4.62. The third kappa shape index (κ3) is 3.03. The molecule has 3 N–H and O–H groups in total. The monoisotopic (exact) mass is 320 g/mol. The second-order valence-corrected chi connectivity index (χ2v) is 6.50. The lowest BCUT2D eigenvalue weighted by molar-refractivity contribution is -0.115. The zero-order valence-electron chi connectivity index (χ0n) is 13.4. The van der Waals surface area contributed by atoms with Gasteiger partial charge in [0, 0.05) is 18.3 Å². The van der Waals surface area contributed by atoms with E-state index in [0.717, 1.165) is 23.8 Å². The van der Waals surface area contributed by atoms with Crippen LogP contribution in [0.25, 0.3) is 10.8 Å². The number of anilines is 1. The quantitative estimate of drug-likeness (QED) is 0.776. The largest absolute Gasteiger partial charge is 0.332 e. The highest BCUT2D eigenvalue weighted by molar-refractivity contribution is 5.92. The molecule has 1 saturated carbocycles. The molecule has 1 aromatic heterocycles. The Hall–Kier alpha value is -2.66. The molecule has 0 bridgehead atoms. The molecule has 1 heterocycles. The van der Waals surface area contributed by atoms with Gasteiger partial charge in [0.1, 0.15) is 0 Å². The van der Waals surface area contributed by atoms with Gasteiger partial charge in [0.2, 0.25) is 5.91 Å². The fraction of sp³-hybridized carbons (Fsp3) is 0.263. The fourth-order valence-electron chi connectivity index (χ4n) is 3.20. The predicted molar refractivity (Wildman–Crippen MR) is 94.8 cm³/mol. The minimum atomic E-state index is -0.0548. The lowest BCUT2D eigenvalue weighted by atomic mass is 9.87. The van der Waals surface area contributed by atoms with Crippen LogP contribution in [0, 0.1) is 0 Å². The van der Waals surface area contributed by atoms with E-state index >= 15 is 0 Å². The summed E-state index contributed by atoms with van der Waals surface area (Å²) in [7, 11) is 0. The maximum Gasteiger partial charge on any atom is 0.229 e. The average Bonchev–Trinajstić information content (AvgIpc) is 2.99. The first-order valence-electron chi connectivity index (χ1n) is 8.24. The molecule has 0 unspecified atom stereocenters. The van der Waals surface area contributed by atoms with Crippen LogP contribution >= 0.6 is 0 Å². The van der Waals surface area contributed by atoms with Crippen LogP contribution in [-0.2, 0) is 11.2 Å². The van der Waals surface area contributed by atoms with Crippen molar-refractivity contribution in [3.05, 3.63) is 60.6 Å². The minimum Gasteiger partial charge on any atom is -0.332 e. The highest BCUT2D eigenvalue weighted by Gasteiger charge is 2.27. The van der Waals surface area contributed by atoms with Gasteiger partial charge in [-0.1, -0.05) is 42.5 Å². The maximum absolute atomic E-state index is 12.3. The van der Waals surface area contributed by atoms with Crippen LogP contribution < -0.4 is 11.1 Å². The fourth-order valence-corrected chi connectivity index (χ4v) is 3.20. The number of carbonyl (C=O) groups is 1. The van der Waals surface area contributed by atoms with Crippen LogP contribution in [0.3, 0.4) is 0 Å².